The van der Waals surface area contributed by atoms with Crippen LogP contribution in [0.25, 0.3) is 10.2 Å². The Morgan fingerprint density at radius 1 is 1.28 bits per heavy atom. The monoisotopic (exact) mass is 366 g/mol. The fourth-order valence-electron chi connectivity index (χ4n) is 2.73. The Morgan fingerprint density at radius 2 is 2.00 bits per heavy atom. The summed E-state index contributed by atoms with van der Waals surface area (Å²) in [5.41, 5.74) is 3.95. The number of benzene rings is 2. The summed E-state index contributed by atoms with van der Waals surface area (Å²) in [5.74, 6) is 2.41. The second-order valence-electron chi connectivity index (χ2n) is 5.75. The van der Waals surface area contributed by atoms with Gasteiger partial charge in [-0.05, 0) is 61.6 Å². The maximum Gasteiger partial charge on any atom is 0.279 e. The molecule has 3 nitrogen and oxygen atoms in total. The highest BCUT2D eigenvalue weighted by Crippen LogP contribution is 2.23. The average Bonchev–Trinajstić information content (AvgIpc) is 2.93. The van der Waals surface area contributed by atoms with Crippen LogP contribution >= 0.6 is 23.1 Å². The van der Waals surface area contributed by atoms with Crippen molar-refractivity contribution in [1.29, 1.82) is 0 Å². The van der Waals surface area contributed by atoms with Gasteiger partial charge in [0, 0.05) is 10.5 Å². The zero-order valence-corrected chi connectivity index (χ0v) is 16.0. The Balaban J connectivity index is 2.14. The lowest BCUT2D eigenvalue weighted by Crippen LogP contribution is -2.16. The molecule has 2 aromatic carbocycles. The molecular formula is C20H18N2OS2. The minimum absolute atomic E-state index is 0.251. The second kappa shape index (κ2) is 7.30. The van der Waals surface area contributed by atoms with Crippen LogP contribution in [0.4, 0.5) is 0 Å². The summed E-state index contributed by atoms with van der Waals surface area (Å²) in [6.45, 7) is 4.51. The first kappa shape index (κ1) is 17.5. The van der Waals surface area contributed by atoms with Crippen molar-refractivity contribution in [2.24, 2.45) is 4.99 Å². The van der Waals surface area contributed by atoms with Gasteiger partial charge in [-0.25, -0.2) is 0 Å². The molecule has 126 valence electrons. The first-order chi connectivity index (χ1) is 12.0. The van der Waals surface area contributed by atoms with Gasteiger partial charge in [-0.1, -0.05) is 23.3 Å². The molecule has 0 saturated carbocycles. The second-order valence-corrected chi connectivity index (χ2v) is 7.61. The number of thioether (sulfide) groups is 1. The molecule has 0 aliphatic carbocycles. The number of nitrogens with zero attached hydrogens (tertiary/aromatic N) is 2. The fraction of sp³-hybridized carbons (Fsp3) is 0.200. The third kappa shape index (κ3) is 3.55. The van der Waals surface area contributed by atoms with Gasteiger partial charge in [-0.3, -0.25) is 4.79 Å². The molecular weight excluding hydrogens is 348 g/mol. The third-order valence-corrected chi connectivity index (χ3v) is 5.87. The number of carbonyl (C=O) groups is 1. The van der Waals surface area contributed by atoms with Crippen LogP contribution in [0.1, 0.15) is 21.5 Å². The molecule has 1 amide bonds. The van der Waals surface area contributed by atoms with Gasteiger partial charge in [-0.15, -0.1) is 18.2 Å². The van der Waals surface area contributed by atoms with Crippen LogP contribution in [0.3, 0.4) is 0 Å². The smallest absolute Gasteiger partial charge is 0.279 e. The van der Waals surface area contributed by atoms with Gasteiger partial charge in [-0.2, -0.15) is 4.99 Å². The lowest BCUT2D eigenvalue weighted by molar-refractivity contribution is 0.0998. The van der Waals surface area contributed by atoms with E-state index < -0.39 is 0 Å². The van der Waals surface area contributed by atoms with Crippen LogP contribution in [-0.2, 0) is 6.54 Å². The Bertz CT molecular complexity index is 1050. The van der Waals surface area contributed by atoms with Crippen molar-refractivity contribution in [2.75, 3.05) is 6.26 Å². The summed E-state index contributed by atoms with van der Waals surface area (Å²) in [6, 6.07) is 11.7. The SMILES string of the molecule is C#CCn1c(=NC(=O)c2ccc(SC)cc2)sc2c(C)cc(C)cc21. The molecule has 0 N–H and O–H groups in total. The summed E-state index contributed by atoms with van der Waals surface area (Å²) in [6.07, 6.45) is 7.54. The molecule has 1 aromatic heterocycles. The number of hydrogen-bond acceptors (Lipinski definition) is 3. The van der Waals surface area contributed by atoms with Crippen molar-refractivity contribution >= 4 is 39.2 Å². The molecule has 3 aromatic rings. The summed E-state index contributed by atoms with van der Waals surface area (Å²) in [7, 11) is 0. The molecule has 0 atom stereocenters. The average molecular weight is 367 g/mol. The maximum atomic E-state index is 12.6. The van der Waals surface area contributed by atoms with E-state index in [-0.39, 0.29) is 5.91 Å². The summed E-state index contributed by atoms with van der Waals surface area (Å²) in [4.78, 5) is 18.7. The van der Waals surface area contributed by atoms with Crippen LogP contribution in [0.2, 0.25) is 0 Å². The Hall–Kier alpha value is -2.29. The van der Waals surface area contributed by atoms with Gasteiger partial charge in [0.1, 0.15) is 0 Å². The zero-order valence-electron chi connectivity index (χ0n) is 14.4. The molecule has 0 aliphatic heterocycles. The van der Waals surface area contributed by atoms with E-state index in [1.165, 1.54) is 22.5 Å². The predicted molar refractivity (Wildman–Crippen MR) is 106 cm³/mol. The van der Waals surface area contributed by atoms with Crippen molar-refractivity contribution < 1.29 is 4.79 Å². The van der Waals surface area contributed by atoms with E-state index in [9.17, 15) is 4.79 Å². The Labute approximate surface area is 155 Å². The predicted octanol–water partition coefficient (Wildman–Crippen LogP) is 4.42. The number of carbonyl (C=O) groups excluding carboxylic acids is 1. The maximum absolute atomic E-state index is 12.6. The van der Waals surface area contributed by atoms with Crippen molar-refractivity contribution in [3.8, 4) is 12.3 Å². The van der Waals surface area contributed by atoms with Gasteiger partial charge in [0.05, 0.1) is 16.8 Å². The molecule has 1 heterocycles. The first-order valence-corrected chi connectivity index (χ1v) is 9.84. The minimum atomic E-state index is -0.251. The number of aromatic nitrogens is 1. The summed E-state index contributed by atoms with van der Waals surface area (Å²) < 4.78 is 3.05. The highest BCUT2D eigenvalue weighted by atomic mass is 32.2. The van der Waals surface area contributed by atoms with E-state index >= 15 is 0 Å². The molecule has 0 saturated heterocycles. The molecule has 0 fully saturated rings. The van der Waals surface area contributed by atoms with E-state index in [4.69, 9.17) is 6.42 Å². The van der Waals surface area contributed by atoms with Gasteiger partial charge in [0.2, 0.25) is 0 Å². The minimum Gasteiger partial charge on any atom is -0.305 e. The largest absolute Gasteiger partial charge is 0.305 e. The van der Waals surface area contributed by atoms with E-state index in [0.717, 1.165) is 15.1 Å². The van der Waals surface area contributed by atoms with E-state index in [0.29, 0.717) is 16.9 Å². The summed E-state index contributed by atoms with van der Waals surface area (Å²) >= 11 is 3.15. The third-order valence-electron chi connectivity index (χ3n) is 3.90. The molecule has 0 unspecified atom stereocenters. The number of fused-ring (bicyclic) bond motifs is 1. The van der Waals surface area contributed by atoms with Crippen LogP contribution in [0, 0.1) is 26.2 Å². The van der Waals surface area contributed by atoms with Crippen LogP contribution in [0.15, 0.2) is 46.3 Å². The van der Waals surface area contributed by atoms with E-state index in [1.807, 2.05) is 35.1 Å². The lowest BCUT2D eigenvalue weighted by Gasteiger charge is -2.03. The van der Waals surface area contributed by atoms with Gasteiger partial charge in [0.25, 0.3) is 5.91 Å². The summed E-state index contributed by atoms with van der Waals surface area (Å²) in [5, 5.41) is 0. The van der Waals surface area contributed by atoms with Crippen molar-refractivity contribution in [3.63, 3.8) is 0 Å². The normalized spacial score (nSPS) is 11.7. The zero-order chi connectivity index (χ0) is 18.0. The highest BCUT2D eigenvalue weighted by molar-refractivity contribution is 7.98. The standard InChI is InChI=1S/C20H18N2OS2/c1-5-10-22-17-12-13(2)11-14(3)18(17)25-20(22)21-19(23)15-6-8-16(24-4)9-7-15/h1,6-9,11-12H,10H2,2-4H3. The number of amides is 1. The molecule has 5 heteroatoms. The Kier molecular flexibility index (Phi) is 5.12. The van der Waals surface area contributed by atoms with Crippen molar-refractivity contribution in [1.82, 2.24) is 4.57 Å². The Morgan fingerprint density at radius 3 is 2.64 bits per heavy atom. The fourth-order valence-corrected chi connectivity index (χ4v) is 4.21. The van der Waals surface area contributed by atoms with Crippen LogP contribution < -0.4 is 4.80 Å². The van der Waals surface area contributed by atoms with Crippen molar-refractivity contribution in [2.45, 2.75) is 25.3 Å². The molecule has 3 rings (SSSR count). The van der Waals surface area contributed by atoms with E-state index in [1.54, 1.807) is 11.8 Å². The molecule has 0 aliphatic rings. The van der Waals surface area contributed by atoms with Gasteiger partial charge >= 0.3 is 0 Å². The molecule has 0 radical (unpaired) electrons. The molecule has 25 heavy (non-hydrogen) atoms. The molecule has 0 spiro atoms. The van der Waals surface area contributed by atoms with E-state index in [2.05, 4.69) is 36.9 Å². The molecule has 0 bridgehead atoms. The van der Waals surface area contributed by atoms with Crippen LogP contribution in [0.5, 0.6) is 0 Å². The number of thiazole rings is 1. The quantitative estimate of drug-likeness (QED) is 0.508. The van der Waals surface area contributed by atoms with Crippen molar-refractivity contribution in [3.05, 3.63) is 57.9 Å². The first-order valence-electron chi connectivity index (χ1n) is 7.80. The highest BCUT2D eigenvalue weighted by Gasteiger charge is 2.11. The van der Waals surface area contributed by atoms with Gasteiger partial charge in [0.15, 0.2) is 4.80 Å². The number of hydrogen-bond donors (Lipinski definition) is 0. The topological polar surface area (TPSA) is 34.4 Å². The van der Waals surface area contributed by atoms with Gasteiger partial charge < -0.3 is 4.57 Å². The lowest BCUT2D eigenvalue weighted by atomic mass is 10.1. The number of terminal acetylenes is 1. The number of rotatable bonds is 3. The van der Waals surface area contributed by atoms with Crippen LogP contribution in [-0.4, -0.2) is 16.7 Å². The number of aryl methyl sites for hydroxylation is 2.